The summed E-state index contributed by atoms with van der Waals surface area (Å²) in [5, 5.41) is 27.9. The zero-order valence-electron chi connectivity index (χ0n) is 20.5. The topological polar surface area (TPSA) is 105 Å². The molecule has 0 aliphatic heterocycles. The smallest absolute Gasteiger partial charge is 0.265 e. The first-order valence-electron chi connectivity index (χ1n) is 11.9. The van der Waals surface area contributed by atoms with Crippen molar-refractivity contribution >= 4 is 22.5 Å². The fourth-order valence-electron chi connectivity index (χ4n) is 4.59. The lowest BCUT2D eigenvalue weighted by Crippen LogP contribution is -2.10. The van der Waals surface area contributed by atoms with Gasteiger partial charge in [-0.1, -0.05) is 59.6 Å². The van der Waals surface area contributed by atoms with E-state index in [0.717, 1.165) is 22.5 Å². The van der Waals surface area contributed by atoms with Gasteiger partial charge < -0.3 is 0 Å². The molecule has 0 fully saturated rings. The first kappa shape index (κ1) is 23.4. The van der Waals surface area contributed by atoms with Crippen molar-refractivity contribution in [1.29, 1.82) is 5.26 Å². The Morgan fingerprint density at radius 1 is 0.842 bits per heavy atom. The van der Waals surface area contributed by atoms with Gasteiger partial charge in [-0.15, -0.1) is 0 Å². The number of hydrogen-bond acceptors (Lipinski definition) is 5. The number of H-pyrrole nitrogens is 1. The molecule has 0 amide bonds. The monoisotopic (exact) mass is 517 g/mol. The first-order valence-corrected chi connectivity index (χ1v) is 12.2. The quantitative estimate of drug-likeness (QED) is 0.319. The summed E-state index contributed by atoms with van der Waals surface area (Å²) < 4.78 is 3.42. The predicted octanol–water partition coefficient (Wildman–Crippen LogP) is 5.77. The van der Waals surface area contributed by atoms with Crippen LogP contribution < -0.4 is 5.56 Å². The Morgan fingerprint density at radius 2 is 1.50 bits per heavy atom. The molecule has 1 N–H and O–H groups in total. The molecule has 3 aromatic heterocycles. The lowest BCUT2D eigenvalue weighted by molar-refractivity contribution is 0.857. The number of aromatic nitrogens is 6. The number of hydrogen-bond donors (Lipinski definition) is 1. The third-order valence-corrected chi connectivity index (χ3v) is 6.71. The lowest BCUT2D eigenvalue weighted by atomic mass is 10.0. The van der Waals surface area contributed by atoms with Crippen molar-refractivity contribution < 1.29 is 0 Å². The number of rotatable bonds is 4. The van der Waals surface area contributed by atoms with Crippen molar-refractivity contribution in [3.05, 3.63) is 111 Å². The molecule has 9 heteroatoms. The Morgan fingerprint density at radius 3 is 2.18 bits per heavy atom. The van der Waals surface area contributed by atoms with E-state index in [0.29, 0.717) is 38.7 Å². The van der Waals surface area contributed by atoms with E-state index in [1.807, 2.05) is 80.6 Å². The Balaban J connectivity index is 1.67. The van der Waals surface area contributed by atoms with Crippen LogP contribution in [0.3, 0.4) is 0 Å². The van der Waals surface area contributed by atoms with Crippen molar-refractivity contribution in [2.24, 2.45) is 0 Å². The fourth-order valence-corrected chi connectivity index (χ4v) is 4.72. The zero-order chi connectivity index (χ0) is 26.4. The molecule has 0 radical (unpaired) electrons. The summed E-state index contributed by atoms with van der Waals surface area (Å²) in [6.45, 7) is 3.88. The zero-order valence-corrected chi connectivity index (χ0v) is 21.2. The minimum absolute atomic E-state index is 0.222. The highest BCUT2D eigenvalue weighted by atomic mass is 35.5. The molecule has 3 heterocycles. The van der Waals surface area contributed by atoms with E-state index >= 15 is 0 Å². The van der Waals surface area contributed by atoms with E-state index in [1.165, 1.54) is 0 Å². The van der Waals surface area contributed by atoms with Crippen LogP contribution in [0, 0.1) is 25.2 Å². The van der Waals surface area contributed by atoms with Crippen LogP contribution in [-0.4, -0.2) is 29.8 Å². The van der Waals surface area contributed by atoms with Crippen LogP contribution in [0.5, 0.6) is 0 Å². The van der Waals surface area contributed by atoms with Crippen molar-refractivity contribution in [3.8, 4) is 40.1 Å². The minimum atomic E-state index is -0.420. The van der Waals surface area contributed by atoms with Gasteiger partial charge in [0.15, 0.2) is 5.52 Å². The average molecular weight is 518 g/mol. The summed E-state index contributed by atoms with van der Waals surface area (Å²) >= 11 is 6.14. The molecule has 184 valence electrons. The molecular formula is C29H20ClN7O. The average Bonchev–Trinajstić information content (AvgIpc) is 3.49. The Labute approximate surface area is 222 Å². The van der Waals surface area contributed by atoms with E-state index in [9.17, 15) is 10.1 Å². The number of benzene rings is 3. The highest BCUT2D eigenvalue weighted by Crippen LogP contribution is 2.36. The molecule has 0 aliphatic carbocycles. The van der Waals surface area contributed by atoms with Gasteiger partial charge in [-0.2, -0.15) is 20.6 Å². The first-order chi connectivity index (χ1) is 18.5. The molecule has 6 rings (SSSR count). The Hall–Kier alpha value is -5.00. The molecule has 38 heavy (non-hydrogen) atoms. The standard InChI is InChI=1S/C29H20ClN7O/c1-17-8-12-21(13-9-17)36-18(2)24-26(32-33-29(38)27(24)35-36)25-23(16-31)28(19-6-4-3-5-7-19)37(34-25)22-14-10-20(30)11-15-22/h3-15H,1-2H3,(H,33,38). The van der Waals surface area contributed by atoms with Gasteiger partial charge in [0.05, 0.1) is 28.1 Å². The number of aromatic amines is 1. The second-order valence-electron chi connectivity index (χ2n) is 8.90. The van der Waals surface area contributed by atoms with Crippen molar-refractivity contribution in [3.63, 3.8) is 0 Å². The molecule has 0 saturated carbocycles. The van der Waals surface area contributed by atoms with Gasteiger partial charge in [0.25, 0.3) is 5.56 Å². The Bertz CT molecular complexity index is 1910. The number of halogens is 1. The molecule has 6 aromatic rings. The summed E-state index contributed by atoms with van der Waals surface area (Å²) in [5.41, 5.74) is 5.62. The van der Waals surface area contributed by atoms with Crippen LogP contribution in [0.2, 0.25) is 5.02 Å². The molecule has 0 bridgehead atoms. The molecule has 0 aliphatic rings. The van der Waals surface area contributed by atoms with Gasteiger partial charge in [0.1, 0.15) is 23.0 Å². The molecule has 0 saturated heterocycles. The van der Waals surface area contributed by atoms with E-state index in [1.54, 1.807) is 21.5 Å². The highest BCUT2D eigenvalue weighted by Gasteiger charge is 2.27. The van der Waals surface area contributed by atoms with Gasteiger partial charge in [-0.05, 0) is 50.2 Å². The van der Waals surface area contributed by atoms with Crippen molar-refractivity contribution in [2.75, 3.05) is 0 Å². The summed E-state index contributed by atoms with van der Waals surface area (Å²) in [6, 6.07) is 27.0. The molecule has 3 aromatic carbocycles. The van der Waals surface area contributed by atoms with E-state index in [4.69, 9.17) is 16.7 Å². The van der Waals surface area contributed by atoms with Gasteiger partial charge >= 0.3 is 0 Å². The number of nitriles is 1. The van der Waals surface area contributed by atoms with Crippen molar-refractivity contribution in [2.45, 2.75) is 13.8 Å². The molecular weight excluding hydrogens is 498 g/mol. The van der Waals surface area contributed by atoms with Gasteiger partial charge in [-0.25, -0.2) is 14.5 Å². The molecule has 0 spiro atoms. The third kappa shape index (κ3) is 3.77. The third-order valence-electron chi connectivity index (χ3n) is 6.46. The van der Waals surface area contributed by atoms with E-state index in [-0.39, 0.29) is 5.52 Å². The van der Waals surface area contributed by atoms with E-state index < -0.39 is 5.56 Å². The summed E-state index contributed by atoms with van der Waals surface area (Å²) in [5.74, 6) is 0. The normalized spacial score (nSPS) is 11.1. The number of nitrogens with zero attached hydrogens (tertiary/aromatic N) is 6. The fraction of sp³-hybridized carbons (Fsp3) is 0.0690. The summed E-state index contributed by atoms with van der Waals surface area (Å²) in [7, 11) is 0. The summed E-state index contributed by atoms with van der Waals surface area (Å²) in [4.78, 5) is 12.8. The molecule has 0 unspecified atom stereocenters. The SMILES string of the molecule is Cc1ccc(-n2nc3c(=O)[nH]nc(-c4nn(-c5ccc(Cl)cc5)c(-c5ccccc5)c4C#N)c3c2C)cc1. The number of nitrogens with one attached hydrogen (secondary N) is 1. The molecule has 8 nitrogen and oxygen atoms in total. The van der Waals surface area contributed by atoms with Crippen LogP contribution in [0.4, 0.5) is 0 Å². The van der Waals surface area contributed by atoms with Crippen LogP contribution in [0.25, 0.3) is 44.9 Å². The largest absolute Gasteiger partial charge is 0.292 e. The van der Waals surface area contributed by atoms with Gasteiger partial charge in [0, 0.05) is 10.6 Å². The minimum Gasteiger partial charge on any atom is -0.265 e. The van der Waals surface area contributed by atoms with Gasteiger partial charge in [0.2, 0.25) is 0 Å². The van der Waals surface area contributed by atoms with Gasteiger partial charge in [-0.3, -0.25) is 4.79 Å². The van der Waals surface area contributed by atoms with E-state index in [2.05, 4.69) is 21.4 Å². The highest BCUT2D eigenvalue weighted by molar-refractivity contribution is 6.30. The Kier molecular flexibility index (Phi) is 5.63. The lowest BCUT2D eigenvalue weighted by Gasteiger charge is -2.08. The predicted molar refractivity (Wildman–Crippen MR) is 147 cm³/mol. The maximum atomic E-state index is 12.8. The molecule has 0 atom stereocenters. The number of fused-ring (bicyclic) bond motifs is 1. The van der Waals surface area contributed by atoms with Crippen LogP contribution in [-0.2, 0) is 0 Å². The maximum absolute atomic E-state index is 12.8. The summed E-state index contributed by atoms with van der Waals surface area (Å²) in [6.07, 6.45) is 0. The van der Waals surface area contributed by atoms with Crippen LogP contribution in [0.1, 0.15) is 16.8 Å². The second kappa shape index (κ2) is 9.14. The van der Waals surface area contributed by atoms with Crippen molar-refractivity contribution in [1.82, 2.24) is 29.8 Å². The van der Waals surface area contributed by atoms with Crippen LogP contribution >= 0.6 is 11.6 Å². The maximum Gasteiger partial charge on any atom is 0.292 e. The second-order valence-corrected chi connectivity index (χ2v) is 9.33. The van der Waals surface area contributed by atoms with Crippen LogP contribution in [0.15, 0.2) is 83.7 Å². The number of aryl methyl sites for hydroxylation is 2.